The van der Waals surface area contributed by atoms with Crippen LogP contribution in [0.4, 0.5) is 10.5 Å². The third-order valence-corrected chi connectivity index (χ3v) is 7.23. The predicted octanol–water partition coefficient (Wildman–Crippen LogP) is 6.14. The van der Waals surface area contributed by atoms with Gasteiger partial charge < -0.3 is 10.5 Å². The summed E-state index contributed by atoms with van der Waals surface area (Å²) >= 11 is 0. The molecule has 2 bridgehead atoms. The van der Waals surface area contributed by atoms with E-state index in [1.165, 1.54) is 42.4 Å². The fourth-order valence-corrected chi connectivity index (χ4v) is 5.30. The summed E-state index contributed by atoms with van der Waals surface area (Å²) in [5, 5.41) is 2.83. The second-order valence-electron chi connectivity index (χ2n) is 9.62. The maximum atomic E-state index is 12.5. The van der Waals surface area contributed by atoms with E-state index in [-0.39, 0.29) is 11.5 Å². The fraction of sp³-hybridized carbons (Fsp3) is 0.500. The van der Waals surface area contributed by atoms with Crippen molar-refractivity contribution in [1.82, 2.24) is 0 Å². The fourth-order valence-electron chi connectivity index (χ4n) is 5.30. The van der Waals surface area contributed by atoms with E-state index in [2.05, 4.69) is 38.2 Å². The van der Waals surface area contributed by atoms with Gasteiger partial charge in [0.15, 0.2) is 0 Å². The Balaban J connectivity index is 1.51. The average Bonchev–Trinajstić information content (AvgIpc) is 2.72. The van der Waals surface area contributed by atoms with E-state index < -0.39 is 6.09 Å². The average molecular weight is 407 g/mol. The second-order valence-corrected chi connectivity index (χ2v) is 9.62. The van der Waals surface area contributed by atoms with E-state index in [1.807, 2.05) is 30.3 Å². The summed E-state index contributed by atoms with van der Waals surface area (Å²) < 4.78 is 5.65. The lowest BCUT2D eigenvalue weighted by Crippen LogP contribution is -2.52. The lowest BCUT2D eigenvalue weighted by molar-refractivity contribution is 0.200. The smallest absolute Gasteiger partial charge is 0.410 e. The number of hydrogen-bond donors (Lipinski definition) is 2. The zero-order valence-corrected chi connectivity index (χ0v) is 18.4. The number of nitrogens with one attached hydrogen (secondary N) is 1. The largest absolute Gasteiger partial charge is 0.417 e. The van der Waals surface area contributed by atoms with Crippen LogP contribution in [0.3, 0.4) is 0 Å². The number of carbonyl (C=O) groups is 1. The molecule has 3 atom stereocenters. The highest BCUT2D eigenvalue weighted by atomic mass is 16.6. The highest BCUT2D eigenvalue weighted by Gasteiger charge is 2.43. The van der Waals surface area contributed by atoms with Gasteiger partial charge in [-0.05, 0) is 72.1 Å². The first kappa shape index (κ1) is 20.9. The monoisotopic (exact) mass is 406 g/mol. The molecule has 0 aromatic heterocycles. The van der Waals surface area contributed by atoms with Gasteiger partial charge in [-0.15, -0.1) is 0 Å². The van der Waals surface area contributed by atoms with Gasteiger partial charge >= 0.3 is 6.09 Å². The Hall–Kier alpha value is -2.33. The third kappa shape index (κ3) is 4.11. The van der Waals surface area contributed by atoms with E-state index in [0.29, 0.717) is 17.6 Å². The molecule has 2 aliphatic carbocycles. The van der Waals surface area contributed by atoms with Crippen LogP contribution >= 0.6 is 0 Å². The summed E-state index contributed by atoms with van der Waals surface area (Å²) in [5.41, 5.74) is 11.3. The van der Waals surface area contributed by atoms with E-state index in [4.69, 9.17) is 10.5 Å². The molecule has 0 heterocycles. The SMILES string of the molecule is CC(C)c1ccc(NC(=O)Oc2ccc3c(c2)[C@@]2(C)CCCCC[C@@H](C3)[C@@H]2N)cc1. The summed E-state index contributed by atoms with van der Waals surface area (Å²) in [5.74, 6) is 1.59. The first-order valence-corrected chi connectivity index (χ1v) is 11.3. The van der Waals surface area contributed by atoms with Crippen LogP contribution in [0.5, 0.6) is 5.75 Å². The quantitative estimate of drug-likeness (QED) is 0.643. The lowest BCUT2D eigenvalue weighted by atomic mass is 9.60. The molecule has 30 heavy (non-hydrogen) atoms. The normalized spacial score (nSPS) is 25.8. The van der Waals surface area contributed by atoms with Gasteiger partial charge in [-0.1, -0.05) is 58.2 Å². The van der Waals surface area contributed by atoms with Gasteiger partial charge in [0, 0.05) is 17.1 Å². The molecule has 3 N–H and O–H groups in total. The van der Waals surface area contributed by atoms with Crippen molar-refractivity contribution in [2.75, 3.05) is 5.32 Å². The molecule has 4 rings (SSSR count). The van der Waals surface area contributed by atoms with Crippen molar-refractivity contribution in [3.05, 3.63) is 59.2 Å². The van der Waals surface area contributed by atoms with Gasteiger partial charge in [-0.2, -0.15) is 0 Å². The number of benzene rings is 2. The van der Waals surface area contributed by atoms with Crippen LogP contribution in [0.2, 0.25) is 0 Å². The number of fused-ring (bicyclic) bond motifs is 4. The van der Waals surface area contributed by atoms with Crippen molar-refractivity contribution in [2.24, 2.45) is 11.7 Å². The summed E-state index contributed by atoms with van der Waals surface area (Å²) in [7, 11) is 0. The molecule has 1 amide bonds. The Morgan fingerprint density at radius 1 is 1.13 bits per heavy atom. The standard InChI is InChI=1S/C26H34N2O2/c1-17(2)18-8-11-21(12-9-18)28-25(29)30-22-13-10-19-15-20-7-5-4-6-14-26(3,24(20)27)23(19)16-22/h8-13,16-17,20,24H,4-7,14-15,27H2,1-3H3,(H,28,29)/t20-,24-,26+/m0/s1. The highest BCUT2D eigenvalue weighted by Crippen LogP contribution is 2.46. The van der Waals surface area contributed by atoms with Gasteiger partial charge in [-0.3, -0.25) is 5.32 Å². The Morgan fingerprint density at radius 3 is 2.63 bits per heavy atom. The molecular weight excluding hydrogens is 372 g/mol. The number of nitrogens with two attached hydrogens (primary N) is 1. The molecule has 0 spiro atoms. The van der Waals surface area contributed by atoms with E-state index in [9.17, 15) is 4.79 Å². The number of rotatable bonds is 3. The van der Waals surface area contributed by atoms with Crippen molar-refractivity contribution in [3.8, 4) is 5.75 Å². The summed E-state index contributed by atoms with van der Waals surface area (Å²) in [6.07, 6.45) is 6.64. The zero-order chi connectivity index (χ0) is 21.3. The minimum Gasteiger partial charge on any atom is -0.410 e. The van der Waals surface area contributed by atoms with Crippen LogP contribution in [0.1, 0.15) is 75.5 Å². The molecule has 2 aromatic carbocycles. The molecule has 0 saturated heterocycles. The van der Waals surface area contributed by atoms with Gasteiger partial charge in [0.1, 0.15) is 5.75 Å². The van der Waals surface area contributed by atoms with Crippen LogP contribution in [0.15, 0.2) is 42.5 Å². The van der Waals surface area contributed by atoms with E-state index in [0.717, 1.165) is 18.5 Å². The molecular formula is C26H34N2O2. The van der Waals surface area contributed by atoms with Gasteiger partial charge in [-0.25, -0.2) is 4.79 Å². The molecule has 4 heteroatoms. The third-order valence-electron chi connectivity index (χ3n) is 7.23. The Kier molecular flexibility index (Phi) is 5.88. The lowest BCUT2D eigenvalue weighted by Gasteiger charge is -2.47. The van der Waals surface area contributed by atoms with Crippen molar-refractivity contribution >= 4 is 11.8 Å². The zero-order valence-electron chi connectivity index (χ0n) is 18.4. The predicted molar refractivity (Wildman–Crippen MR) is 122 cm³/mol. The van der Waals surface area contributed by atoms with Crippen molar-refractivity contribution in [3.63, 3.8) is 0 Å². The van der Waals surface area contributed by atoms with Crippen molar-refractivity contribution in [2.45, 2.75) is 76.7 Å². The minimum atomic E-state index is -0.465. The second kappa shape index (κ2) is 8.43. The summed E-state index contributed by atoms with van der Waals surface area (Å²) in [6, 6.07) is 14.2. The first-order valence-electron chi connectivity index (χ1n) is 11.3. The molecule has 1 fully saturated rings. The Morgan fingerprint density at radius 2 is 1.90 bits per heavy atom. The number of amides is 1. The van der Waals surface area contributed by atoms with E-state index in [1.54, 1.807) is 0 Å². The molecule has 0 aliphatic heterocycles. The Bertz CT molecular complexity index is 906. The van der Waals surface area contributed by atoms with Crippen LogP contribution < -0.4 is 15.8 Å². The molecule has 0 radical (unpaired) electrons. The van der Waals surface area contributed by atoms with Crippen LogP contribution in [-0.2, 0) is 11.8 Å². The topological polar surface area (TPSA) is 64.3 Å². The summed E-state index contributed by atoms with van der Waals surface area (Å²) in [4.78, 5) is 12.5. The number of anilines is 1. The van der Waals surface area contributed by atoms with Gasteiger partial charge in [0.2, 0.25) is 0 Å². The molecule has 2 aliphatic rings. The first-order chi connectivity index (χ1) is 14.4. The molecule has 0 unspecified atom stereocenters. The molecule has 2 aromatic rings. The van der Waals surface area contributed by atoms with Crippen molar-refractivity contribution in [1.29, 1.82) is 0 Å². The molecule has 4 nitrogen and oxygen atoms in total. The van der Waals surface area contributed by atoms with Crippen molar-refractivity contribution < 1.29 is 9.53 Å². The number of hydrogen-bond acceptors (Lipinski definition) is 3. The maximum absolute atomic E-state index is 12.5. The van der Waals surface area contributed by atoms with Crippen LogP contribution in [-0.4, -0.2) is 12.1 Å². The van der Waals surface area contributed by atoms with Gasteiger partial charge in [0.25, 0.3) is 0 Å². The number of carbonyl (C=O) groups excluding carboxylic acids is 1. The highest BCUT2D eigenvalue weighted by molar-refractivity contribution is 5.86. The minimum absolute atomic E-state index is 0.0544. The molecule has 1 saturated carbocycles. The molecule has 160 valence electrons. The van der Waals surface area contributed by atoms with Crippen LogP contribution in [0, 0.1) is 5.92 Å². The van der Waals surface area contributed by atoms with Crippen LogP contribution in [0.25, 0.3) is 0 Å². The van der Waals surface area contributed by atoms with E-state index >= 15 is 0 Å². The Labute approximate surface area is 180 Å². The summed E-state index contributed by atoms with van der Waals surface area (Å²) in [6.45, 7) is 6.60. The number of ether oxygens (including phenoxy) is 1. The van der Waals surface area contributed by atoms with Gasteiger partial charge in [0.05, 0.1) is 0 Å². The maximum Gasteiger partial charge on any atom is 0.417 e.